The first-order chi connectivity index (χ1) is 14.1. The minimum Gasteiger partial charge on any atom is -0.322 e. The number of pyridine rings is 1. The summed E-state index contributed by atoms with van der Waals surface area (Å²) in [7, 11) is 0. The highest BCUT2D eigenvalue weighted by atomic mass is 16.2. The summed E-state index contributed by atoms with van der Waals surface area (Å²) in [5.74, 6) is 0.0204. The highest BCUT2D eigenvalue weighted by molar-refractivity contribution is 6.05. The standard InChI is InChI=1S/C22H25N5O2/c1-16-8-12-26(15-17-5-3-9-23-14-17)22(29)20(16)21(28)25-18-6-2-7-19(13-18)27-11-4-10-24-27/h2,4,6-8,10-13,17,23H,3,5,9,14-15H2,1H3,(H,25,28). The molecule has 3 aromatic rings. The van der Waals surface area contributed by atoms with Crippen LogP contribution in [-0.2, 0) is 6.54 Å². The van der Waals surface area contributed by atoms with Crippen LogP contribution < -0.4 is 16.2 Å². The topological polar surface area (TPSA) is 81.0 Å². The van der Waals surface area contributed by atoms with E-state index in [1.54, 1.807) is 34.6 Å². The van der Waals surface area contributed by atoms with E-state index in [9.17, 15) is 9.59 Å². The molecule has 0 radical (unpaired) electrons. The second-order valence-corrected chi connectivity index (χ2v) is 7.50. The number of anilines is 1. The number of carbonyl (C=O) groups is 1. The van der Waals surface area contributed by atoms with E-state index in [1.165, 1.54) is 0 Å². The Bertz CT molecular complexity index is 1050. The van der Waals surface area contributed by atoms with Crippen molar-refractivity contribution in [2.75, 3.05) is 18.4 Å². The molecule has 1 saturated heterocycles. The van der Waals surface area contributed by atoms with Crippen LogP contribution in [0.5, 0.6) is 0 Å². The van der Waals surface area contributed by atoms with Crippen molar-refractivity contribution in [3.8, 4) is 5.69 Å². The van der Waals surface area contributed by atoms with Crippen LogP contribution in [0.15, 0.2) is 59.8 Å². The van der Waals surface area contributed by atoms with E-state index in [0.29, 0.717) is 23.7 Å². The van der Waals surface area contributed by atoms with Crippen LogP contribution in [0.3, 0.4) is 0 Å². The molecule has 150 valence electrons. The minimum atomic E-state index is -0.388. The predicted octanol–water partition coefficient (Wildman–Crippen LogP) is 2.59. The summed E-state index contributed by atoms with van der Waals surface area (Å²) in [6.45, 7) is 4.36. The zero-order valence-corrected chi connectivity index (χ0v) is 16.5. The molecule has 0 spiro atoms. The van der Waals surface area contributed by atoms with Gasteiger partial charge in [-0.05, 0) is 74.7 Å². The number of aryl methyl sites for hydroxylation is 1. The van der Waals surface area contributed by atoms with Crippen LogP contribution >= 0.6 is 0 Å². The molecular weight excluding hydrogens is 366 g/mol. The number of piperidine rings is 1. The first kappa shape index (κ1) is 19.1. The average Bonchev–Trinajstić information content (AvgIpc) is 3.26. The van der Waals surface area contributed by atoms with Crippen molar-refractivity contribution in [1.29, 1.82) is 0 Å². The zero-order chi connectivity index (χ0) is 20.2. The van der Waals surface area contributed by atoms with E-state index in [-0.39, 0.29) is 17.0 Å². The molecule has 0 aliphatic carbocycles. The summed E-state index contributed by atoms with van der Waals surface area (Å²) in [5, 5.41) is 10.4. The molecule has 29 heavy (non-hydrogen) atoms. The number of hydrogen-bond donors (Lipinski definition) is 2. The summed E-state index contributed by atoms with van der Waals surface area (Å²) >= 11 is 0. The molecule has 1 fully saturated rings. The summed E-state index contributed by atoms with van der Waals surface area (Å²) in [6.07, 6.45) is 7.53. The Balaban J connectivity index is 1.56. The Morgan fingerprint density at radius 3 is 2.93 bits per heavy atom. The molecule has 4 rings (SSSR count). The van der Waals surface area contributed by atoms with Crippen LogP contribution in [0.4, 0.5) is 5.69 Å². The van der Waals surface area contributed by atoms with Crippen LogP contribution in [-0.4, -0.2) is 33.3 Å². The van der Waals surface area contributed by atoms with Gasteiger partial charge < -0.3 is 15.2 Å². The Morgan fingerprint density at radius 2 is 2.17 bits per heavy atom. The average molecular weight is 391 g/mol. The van der Waals surface area contributed by atoms with E-state index in [4.69, 9.17) is 0 Å². The van der Waals surface area contributed by atoms with Crippen LogP contribution in [0.25, 0.3) is 5.69 Å². The lowest BCUT2D eigenvalue weighted by molar-refractivity contribution is 0.102. The molecule has 1 atom stereocenters. The smallest absolute Gasteiger partial charge is 0.263 e. The van der Waals surface area contributed by atoms with Crippen molar-refractivity contribution >= 4 is 11.6 Å². The molecule has 2 aromatic heterocycles. The molecule has 7 heteroatoms. The SMILES string of the molecule is Cc1ccn(CC2CCCNC2)c(=O)c1C(=O)Nc1cccc(-n2cccn2)c1. The van der Waals surface area contributed by atoms with E-state index < -0.39 is 0 Å². The predicted molar refractivity (Wildman–Crippen MR) is 113 cm³/mol. The molecule has 1 unspecified atom stereocenters. The van der Waals surface area contributed by atoms with E-state index in [2.05, 4.69) is 15.7 Å². The number of amides is 1. The van der Waals surface area contributed by atoms with E-state index in [0.717, 1.165) is 31.6 Å². The summed E-state index contributed by atoms with van der Waals surface area (Å²) < 4.78 is 3.38. The molecule has 0 saturated carbocycles. The molecule has 1 aromatic carbocycles. The van der Waals surface area contributed by atoms with Gasteiger partial charge in [-0.3, -0.25) is 9.59 Å². The minimum absolute atomic E-state index is 0.195. The second-order valence-electron chi connectivity index (χ2n) is 7.50. The van der Waals surface area contributed by atoms with E-state index >= 15 is 0 Å². The van der Waals surface area contributed by atoms with Crippen LogP contribution in [0.1, 0.15) is 28.8 Å². The van der Waals surface area contributed by atoms with Gasteiger partial charge in [0.1, 0.15) is 5.56 Å². The summed E-state index contributed by atoms with van der Waals surface area (Å²) in [4.78, 5) is 26.0. The fourth-order valence-electron chi connectivity index (χ4n) is 3.78. The number of aromatic nitrogens is 3. The molecule has 0 bridgehead atoms. The van der Waals surface area contributed by atoms with Crippen molar-refractivity contribution in [2.24, 2.45) is 5.92 Å². The van der Waals surface area contributed by atoms with Gasteiger partial charge in [-0.25, -0.2) is 4.68 Å². The highest BCUT2D eigenvalue weighted by Crippen LogP contribution is 2.16. The lowest BCUT2D eigenvalue weighted by Crippen LogP contribution is -2.36. The molecule has 1 aliphatic rings. The zero-order valence-electron chi connectivity index (χ0n) is 16.5. The number of rotatable bonds is 5. The van der Waals surface area contributed by atoms with Gasteiger partial charge in [0.15, 0.2) is 0 Å². The van der Waals surface area contributed by atoms with Gasteiger partial charge in [-0.1, -0.05) is 6.07 Å². The molecule has 7 nitrogen and oxygen atoms in total. The lowest BCUT2D eigenvalue weighted by Gasteiger charge is -2.23. The maximum Gasteiger partial charge on any atom is 0.263 e. The van der Waals surface area contributed by atoms with Gasteiger partial charge in [-0.15, -0.1) is 0 Å². The quantitative estimate of drug-likeness (QED) is 0.701. The van der Waals surface area contributed by atoms with Crippen LogP contribution in [0.2, 0.25) is 0 Å². The first-order valence-corrected chi connectivity index (χ1v) is 9.94. The monoisotopic (exact) mass is 391 g/mol. The third kappa shape index (κ3) is 4.30. The first-order valence-electron chi connectivity index (χ1n) is 9.94. The van der Waals surface area contributed by atoms with Gasteiger partial charge in [0, 0.05) is 30.8 Å². The normalized spacial score (nSPS) is 16.5. The maximum atomic E-state index is 13.0. The Kier molecular flexibility index (Phi) is 5.57. The number of nitrogens with zero attached hydrogens (tertiary/aromatic N) is 3. The Hall–Kier alpha value is -3.19. The van der Waals surface area contributed by atoms with E-state index in [1.807, 2.05) is 36.5 Å². The number of nitrogens with one attached hydrogen (secondary N) is 2. The summed E-state index contributed by atoms with van der Waals surface area (Å²) in [5.41, 5.74) is 2.08. The van der Waals surface area contributed by atoms with Crippen molar-refractivity contribution in [3.63, 3.8) is 0 Å². The molecule has 2 N–H and O–H groups in total. The van der Waals surface area contributed by atoms with Gasteiger partial charge in [0.2, 0.25) is 0 Å². The molecule has 1 aliphatic heterocycles. The third-order valence-corrected chi connectivity index (χ3v) is 5.33. The number of benzene rings is 1. The second kappa shape index (κ2) is 8.45. The number of hydrogen-bond acceptors (Lipinski definition) is 4. The molecule has 1 amide bonds. The fraction of sp³-hybridized carbons (Fsp3) is 0.318. The van der Waals surface area contributed by atoms with Gasteiger partial charge >= 0.3 is 0 Å². The number of carbonyl (C=O) groups excluding carboxylic acids is 1. The Morgan fingerprint density at radius 1 is 1.28 bits per heavy atom. The Labute approximate surface area is 169 Å². The third-order valence-electron chi connectivity index (χ3n) is 5.33. The van der Waals surface area contributed by atoms with Crippen molar-refractivity contribution in [2.45, 2.75) is 26.3 Å². The van der Waals surface area contributed by atoms with Crippen LogP contribution in [0, 0.1) is 12.8 Å². The molecular formula is C22H25N5O2. The van der Waals surface area contributed by atoms with Crippen molar-refractivity contribution in [3.05, 3.63) is 76.5 Å². The molecule has 3 heterocycles. The lowest BCUT2D eigenvalue weighted by atomic mass is 9.99. The largest absolute Gasteiger partial charge is 0.322 e. The van der Waals surface area contributed by atoms with Gasteiger partial charge in [0.05, 0.1) is 5.69 Å². The highest BCUT2D eigenvalue weighted by Gasteiger charge is 2.19. The maximum absolute atomic E-state index is 13.0. The van der Waals surface area contributed by atoms with Gasteiger partial charge in [-0.2, -0.15) is 5.10 Å². The van der Waals surface area contributed by atoms with Gasteiger partial charge in [0.25, 0.3) is 11.5 Å². The summed E-state index contributed by atoms with van der Waals surface area (Å²) in [6, 6.07) is 11.1. The van der Waals surface area contributed by atoms with Crippen molar-refractivity contribution in [1.82, 2.24) is 19.7 Å². The van der Waals surface area contributed by atoms with Crippen molar-refractivity contribution < 1.29 is 4.79 Å². The fourth-order valence-corrected chi connectivity index (χ4v) is 3.78.